The largest absolute Gasteiger partial charge is 0.507 e. The van der Waals surface area contributed by atoms with E-state index in [1.807, 2.05) is 45.0 Å². The molecule has 1 saturated heterocycles. The van der Waals surface area contributed by atoms with Crippen LogP contribution in [0.3, 0.4) is 0 Å². The van der Waals surface area contributed by atoms with Crippen LogP contribution in [-0.2, 0) is 9.59 Å². The van der Waals surface area contributed by atoms with Crippen molar-refractivity contribution in [1.82, 2.24) is 0 Å². The molecule has 0 radical (unpaired) electrons. The van der Waals surface area contributed by atoms with Crippen molar-refractivity contribution in [3.05, 3.63) is 82.9 Å². The summed E-state index contributed by atoms with van der Waals surface area (Å²) in [6.07, 6.45) is 0. The molecule has 1 heterocycles. The van der Waals surface area contributed by atoms with Crippen LogP contribution in [0.5, 0.6) is 17.2 Å². The number of anilines is 2. The van der Waals surface area contributed by atoms with Gasteiger partial charge in [-0.3, -0.25) is 14.5 Å². The number of ketones is 1. The number of aromatic hydroxyl groups is 1. The molecule has 1 fully saturated rings. The molecule has 1 amide bonds. The van der Waals surface area contributed by atoms with Crippen LogP contribution in [0.25, 0.3) is 5.76 Å². The van der Waals surface area contributed by atoms with E-state index in [0.29, 0.717) is 30.3 Å². The average molecular weight is 545 g/mol. The van der Waals surface area contributed by atoms with Crippen LogP contribution < -0.4 is 19.3 Å². The zero-order valence-corrected chi connectivity index (χ0v) is 23.6. The highest BCUT2D eigenvalue weighted by Gasteiger charge is 2.48. The molecule has 2 N–H and O–H groups in total. The van der Waals surface area contributed by atoms with Crippen molar-refractivity contribution >= 4 is 28.8 Å². The molecule has 1 atom stereocenters. The Bertz CT molecular complexity index is 1430. The Kier molecular flexibility index (Phi) is 8.67. The highest BCUT2D eigenvalue weighted by atomic mass is 16.5. The van der Waals surface area contributed by atoms with Gasteiger partial charge < -0.3 is 24.6 Å². The second kappa shape index (κ2) is 12.2. The van der Waals surface area contributed by atoms with Crippen LogP contribution >= 0.6 is 0 Å². The summed E-state index contributed by atoms with van der Waals surface area (Å²) in [5, 5.41) is 22.4. The molecule has 1 aliphatic heterocycles. The molecule has 1 unspecified atom stereocenters. The number of phenols is 1. The molecule has 8 heteroatoms. The van der Waals surface area contributed by atoms with Crippen molar-refractivity contribution in [3.63, 3.8) is 0 Å². The topological polar surface area (TPSA) is 99.5 Å². The number of aliphatic hydroxyl groups is 1. The third-order valence-electron chi connectivity index (χ3n) is 6.99. The first-order chi connectivity index (χ1) is 19.2. The average Bonchev–Trinajstić information content (AvgIpc) is 3.21. The Morgan fingerprint density at radius 3 is 2.20 bits per heavy atom. The maximum atomic E-state index is 13.6. The van der Waals surface area contributed by atoms with Gasteiger partial charge in [-0.2, -0.15) is 0 Å². The van der Waals surface area contributed by atoms with Crippen LogP contribution in [0.15, 0.2) is 66.2 Å². The van der Waals surface area contributed by atoms with Gasteiger partial charge in [-0.1, -0.05) is 18.2 Å². The van der Waals surface area contributed by atoms with E-state index in [-0.39, 0.29) is 28.3 Å². The summed E-state index contributed by atoms with van der Waals surface area (Å²) < 4.78 is 11.4. The molecule has 3 aromatic rings. The maximum absolute atomic E-state index is 13.6. The Morgan fingerprint density at radius 2 is 1.57 bits per heavy atom. The fourth-order valence-electron chi connectivity index (χ4n) is 5.05. The van der Waals surface area contributed by atoms with Crippen LogP contribution in [0.2, 0.25) is 0 Å². The lowest BCUT2D eigenvalue weighted by Gasteiger charge is -2.27. The summed E-state index contributed by atoms with van der Waals surface area (Å²) in [4.78, 5) is 30.6. The number of benzene rings is 3. The third kappa shape index (κ3) is 5.34. The number of aryl methyl sites for hydroxylation is 1. The molecule has 40 heavy (non-hydrogen) atoms. The monoisotopic (exact) mass is 544 g/mol. The standard InChI is InChI=1S/C32H36N2O6/c1-6-33(7-2)22-13-11-21(12-14-22)29-28(30(36)24-16-15-23(39-8-3)19-27(24)40-9-4)31(37)32(38)34(29)25-18-20(5)10-17-26(25)35/h10-19,29,35-36H,6-9H2,1-5H3/b30-28-. The van der Waals surface area contributed by atoms with Crippen molar-refractivity contribution in [3.8, 4) is 17.2 Å². The van der Waals surface area contributed by atoms with E-state index >= 15 is 0 Å². The van der Waals surface area contributed by atoms with Gasteiger partial charge in [0.1, 0.15) is 23.0 Å². The molecule has 0 aromatic heterocycles. The number of carbonyl (C=O) groups is 2. The van der Waals surface area contributed by atoms with E-state index in [9.17, 15) is 19.8 Å². The van der Waals surface area contributed by atoms with Gasteiger partial charge in [-0.15, -0.1) is 0 Å². The quantitative estimate of drug-likeness (QED) is 0.184. The fourth-order valence-corrected chi connectivity index (χ4v) is 5.05. The van der Waals surface area contributed by atoms with Gasteiger partial charge in [0.15, 0.2) is 0 Å². The van der Waals surface area contributed by atoms with Gasteiger partial charge in [0.25, 0.3) is 11.7 Å². The third-order valence-corrected chi connectivity index (χ3v) is 6.99. The number of rotatable bonds is 10. The van der Waals surface area contributed by atoms with Gasteiger partial charge >= 0.3 is 0 Å². The summed E-state index contributed by atoms with van der Waals surface area (Å²) in [6.45, 7) is 12.1. The molecular formula is C32H36N2O6. The molecule has 210 valence electrons. The second-order valence-electron chi connectivity index (χ2n) is 9.45. The number of Topliss-reactive ketones (excluding diaryl/α,β-unsaturated/α-hetero) is 1. The van der Waals surface area contributed by atoms with Crippen molar-refractivity contribution in [2.75, 3.05) is 36.1 Å². The van der Waals surface area contributed by atoms with Crippen LogP contribution in [0, 0.1) is 6.92 Å². The number of hydrogen-bond acceptors (Lipinski definition) is 7. The predicted molar refractivity (Wildman–Crippen MR) is 156 cm³/mol. The minimum Gasteiger partial charge on any atom is -0.507 e. The number of nitrogens with zero attached hydrogens (tertiary/aromatic N) is 2. The van der Waals surface area contributed by atoms with Gasteiger partial charge in [0, 0.05) is 24.8 Å². The Labute approximate surface area is 235 Å². The van der Waals surface area contributed by atoms with Gasteiger partial charge in [-0.25, -0.2) is 0 Å². The van der Waals surface area contributed by atoms with Crippen LogP contribution in [0.1, 0.15) is 50.4 Å². The summed E-state index contributed by atoms with van der Waals surface area (Å²) in [5.41, 5.74) is 2.77. The number of ether oxygens (including phenoxy) is 2. The lowest BCUT2D eigenvalue weighted by atomic mass is 9.94. The van der Waals surface area contributed by atoms with Gasteiger partial charge in [-0.05, 0) is 82.1 Å². The van der Waals surface area contributed by atoms with E-state index in [2.05, 4.69) is 18.7 Å². The van der Waals surface area contributed by atoms with Gasteiger partial charge in [0.2, 0.25) is 0 Å². The molecular weight excluding hydrogens is 508 g/mol. The molecule has 3 aromatic carbocycles. The zero-order chi connectivity index (χ0) is 29.0. The van der Waals surface area contributed by atoms with Crippen molar-refractivity contribution in [2.45, 2.75) is 40.7 Å². The summed E-state index contributed by atoms with van der Waals surface area (Å²) in [7, 11) is 0. The number of hydrogen-bond donors (Lipinski definition) is 2. The minimum atomic E-state index is -0.987. The summed E-state index contributed by atoms with van der Waals surface area (Å²) >= 11 is 0. The first kappa shape index (κ1) is 28.5. The minimum absolute atomic E-state index is 0.0911. The molecule has 0 bridgehead atoms. The van der Waals surface area contributed by atoms with Crippen molar-refractivity contribution < 1.29 is 29.3 Å². The number of aliphatic hydroxyl groups excluding tert-OH is 1. The molecule has 0 spiro atoms. The maximum Gasteiger partial charge on any atom is 0.300 e. The molecule has 4 rings (SSSR count). The van der Waals surface area contributed by atoms with Crippen molar-refractivity contribution in [1.29, 1.82) is 0 Å². The second-order valence-corrected chi connectivity index (χ2v) is 9.45. The van der Waals surface area contributed by atoms with Crippen molar-refractivity contribution in [2.24, 2.45) is 0 Å². The normalized spacial score (nSPS) is 16.3. The molecule has 1 aliphatic rings. The lowest BCUT2D eigenvalue weighted by Crippen LogP contribution is -2.29. The smallest absolute Gasteiger partial charge is 0.300 e. The Morgan fingerprint density at radius 1 is 0.900 bits per heavy atom. The first-order valence-electron chi connectivity index (χ1n) is 13.6. The number of carbonyl (C=O) groups excluding carboxylic acids is 2. The van der Waals surface area contributed by atoms with E-state index in [0.717, 1.165) is 24.3 Å². The van der Waals surface area contributed by atoms with E-state index in [1.54, 1.807) is 30.3 Å². The zero-order valence-electron chi connectivity index (χ0n) is 23.6. The highest BCUT2D eigenvalue weighted by Crippen LogP contribution is 2.46. The van der Waals surface area contributed by atoms with Crippen LogP contribution in [-0.4, -0.2) is 48.2 Å². The SMILES string of the molecule is CCOc1ccc(/C(O)=C2/C(=O)C(=O)N(c3cc(C)ccc3O)C2c2ccc(N(CC)CC)cc2)c(OCC)c1. The summed E-state index contributed by atoms with van der Waals surface area (Å²) in [5.74, 6) is -1.33. The number of phenolic OH excluding ortho intramolecular Hbond substituents is 1. The van der Waals surface area contributed by atoms with Crippen LogP contribution in [0.4, 0.5) is 11.4 Å². The lowest BCUT2D eigenvalue weighted by molar-refractivity contribution is -0.132. The summed E-state index contributed by atoms with van der Waals surface area (Å²) in [6, 6.07) is 16.4. The highest BCUT2D eigenvalue weighted by molar-refractivity contribution is 6.52. The predicted octanol–water partition coefficient (Wildman–Crippen LogP) is 5.97. The number of amides is 1. The molecule has 8 nitrogen and oxygen atoms in total. The Balaban J connectivity index is 1.95. The fraction of sp³-hybridized carbons (Fsp3) is 0.312. The molecule has 0 saturated carbocycles. The first-order valence-corrected chi connectivity index (χ1v) is 13.6. The van der Waals surface area contributed by atoms with Gasteiger partial charge in [0.05, 0.1) is 36.1 Å². The van der Waals surface area contributed by atoms with E-state index in [1.165, 1.54) is 11.0 Å². The molecule has 0 aliphatic carbocycles. The Hall–Kier alpha value is -4.46. The van der Waals surface area contributed by atoms with E-state index in [4.69, 9.17) is 9.47 Å². The van der Waals surface area contributed by atoms with E-state index < -0.39 is 17.7 Å².